The summed E-state index contributed by atoms with van der Waals surface area (Å²) in [4.78, 5) is 15.3. The largest absolute Gasteiger partial charge is 0.337 e. The van der Waals surface area contributed by atoms with Gasteiger partial charge in [-0.15, -0.1) is 16.4 Å². The van der Waals surface area contributed by atoms with Gasteiger partial charge >= 0.3 is 0 Å². The van der Waals surface area contributed by atoms with Crippen LogP contribution in [0, 0.1) is 0 Å². The molecular weight excluding hydrogens is 286 g/mol. The van der Waals surface area contributed by atoms with E-state index in [4.69, 9.17) is 0 Å². The second-order valence-electron chi connectivity index (χ2n) is 4.55. The summed E-state index contributed by atoms with van der Waals surface area (Å²) in [5.74, 6) is -0.0293. The van der Waals surface area contributed by atoms with Crippen LogP contribution in [0.1, 0.15) is 15.2 Å². The highest BCUT2D eigenvalue weighted by molar-refractivity contribution is 7.09. The SMILES string of the molecule is CN(Cc1cccs1)C(=O)c1cccc(-n2cnnn2)c1. The summed E-state index contributed by atoms with van der Waals surface area (Å²) in [6.45, 7) is 0.603. The first-order valence-corrected chi connectivity index (χ1v) is 7.23. The Morgan fingerprint density at radius 1 is 1.33 bits per heavy atom. The first kappa shape index (κ1) is 13.4. The number of hydrogen-bond donors (Lipinski definition) is 0. The highest BCUT2D eigenvalue weighted by Gasteiger charge is 2.13. The van der Waals surface area contributed by atoms with Crippen molar-refractivity contribution in [3.8, 4) is 5.69 Å². The first-order chi connectivity index (χ1) is 10.2. The molecule has 0 saturated carbocycles. The molecule has 0 radical (unpaired) electrons. The third-order valence-electron chi connectivity index (χ3n) is 3.03. The molecule has 3 aromatic rings. The Morgan fingerprint density at radius 2 is 2.24 bits per heavy atom. The van der Waals surface area contributed by atoms with Crippen LogP contribution in [0.25, 0.3) is 5.69 Å². The molecule has 6 nitrogen and oxygen atoms in total. The third kappa shape index (κ3) is 2.97. The Bertz CT molecular complexity index is 724. The number of thiophene rings is 1. The van der Waals surface area contributed by atoms with Crippen LogP contribution >= 0.6 is 11.3 Å². The Labute approximate surface area is 125 Å². The van der Waals surface area contributed by atoms with E-state index in [0.717, 1.165) is 10.6 Å². The lowest BCUT2D eigenvalue weighted by atomic mass is 10.2. The van der Waals surface area contributed by atoms with Crippen molar-refractivity contribution < 1.29 is 4.79 Å². The van der Waals surface area contributed by atoms with Crippen LogP contribution in [0.15, 0.2) is 48.1 Å². The average molecular weight is 299 g/mol. The number of benzene rings is 1. The third-order valence-corrected chi connectivity index (χ3v) is 3.89. The van der Waals surface area contributed by atoms with E-state index in [9.17, 15) is 4.79 Å². The molecule has 0 unspecified atom stereocenters. The van der Waals surface area contributed by atoms with Crippen LogP contribution in [-0.4, -0.2) is 38.1 Å². The van der Waals surface area contributed by atoms with Gasteiger partial charge in [-0.2, -0.15) is 0 Å². The molecule has 106 valence electrons. The average Bonchev–Trinajstić information content (AvgIpc) is 3.20. The van der Waals surface area contributed by atoms with Gasteiger partial charge in [-0.25, -0.2) is 4.68 Å². The topological polar surface area (TPSA) is 63.9 Å². The Kier molecular flexibility index (Phi) is 3.74. The van der Waals surface area contributed by atoms with E-state index in [0.29, 0.717) is 12.1 Å². The van der Waals surface area contributed by atoms with E-state index in [1.165, 1.54) is 11.0 Å². The molecule has 2 heterocycles. The summed E-state index contributed by atoms with van der Waals surface area (Å²) < 4.78 is 1.52. The lowest BCUT2D eigenvalue weighted by molar-refractivity contribution is 0.0786. The minimum atomic E-state index is -0.0293. The van der Waals surface area contributed by atoms with Gasteiger partial charge in [-0.3, -0.25) is 4.79 Å². The van der Waals surface area contributed by atoms with E-state index in [2.05, 4.69) is 15.5 Å². The van der Waals surface area contributed by atoms with E-state index in [-0.39, 0.29) is 5.91 Å². The van der Waals surface area contributed by atoms with Crippen LogP contribution in [0.5, 0.6) is 0 Å². The molecule has 0 saturated heterocycles. The molecule has 7 heteroatoms. The molecule has 0 N–H and O–H groups in total. The molecule has 1 amide bonds. The maximum Gasteiger partial charge on any atom is 0.253 e. The molecule has 0 aliphatic heterocycles. The van der Waals surface area contributed by atoms with Crippen molar-refractivity contribution in [2.45, 2.75) is 6.54 Å². The molecule has 2 aromatic heterocycles. The number of carbonyl (C=O) groups is 1. The fourth-order valence-electron chi connectivity index (χ4n) is 1.99. The van der Waals surface area contributed by atoms with Gasteiger partial charge in [-0.1, -0.05) is 12.1 Å². The van der Waals surface area contributed by atoms with Gasteiger partial charge in [0.2, 0.25) is 0 Å². The van der Waals surface area contributed by atoms with Crippen LogP contribution in [0.3, 0.4) is 0 Å². The van der Waals surface area contributed by atoms with Gasteiger partial charge in [0.1, 0.15) is 6.33 Å². The predicted molar refractivity (Wildman–Crippen MR) is 79.3 cm³/mol. The number of tetrazole rings is 1. The minimum absolute atomic E-state index is 0.0293. The molecule has 1 aromatic carbocycles. The van der Waals surface area contributed by atoms with Gasteiger partial charge in [0, 0.05) is 17.5 Å². The monoisotopic (exact) mass is 299 g/mol. The zero-order valence-electron chi connectivity index (χ0n) is 11.4. The zero-order valence-corrected chi connectivity index (χ0v) is 12.2. The van der Waals surface area contributed by atoms with Crippen molar-refractivity contribution in [2.75, 3.05) is 7.05 Å². The van der Waals surface area contributed by atoms with Crippen LogP contribution < -0.4 is 0 Å². The van der Waals surface area contributed by atoms with Gasteiger partial charge < -0.3 is 4.90 Å². The van der Waals surface area contributed by atoms with Crippen molar-refractivity contribution in [3.05, 3.63) is 58.5 Å². The van der Waals surface area contributed by atoms with Crippen molar-refractivity contribution in [3.63, 3.8) is 0 Å². The van der Waals surface area contributed by atoms with E-state index >= 15 is 0 Å². The van der Waals surface area contributed by atoms with Crippen molar-refractivity contribution in [1.82, 2.24) is 25.1 Å². The molecule has 21 heavy (non-hydrogen) atoms. The summed E-state index contributed by atoms with van der Waals surface area (Å²) in [5.41, 5.74) is 1.37. The van der Waals surface area contributed by atoms with Gasteiger partial charge in [-0.05, 0) is 40.1 Å². The maximum atomic E-state index is 12.5. The van der Waals surface area contributed by atoms with Crippen molar-refractivity contribution in [2.24, 2.45) is 0 Å². The van der Waals surface area contributed by atoms with Gasteiger partial charge in [0.05, 0.1) is 12.2 Å². The van der Waals surface area contributed by atoms with E-state index in [1.54, 1.807) is 35.4 Å². The predicted octanol–water partition coefficient (Wildman–Crippen LogP) is 2.00. The lowest BCUT2D eigenvalue weighted by Gasteiger charge is -2.16. The molecule has 0 spiro atoms. The van der Waals surface area contributed by atoms with Gasteiger partial charge in [0.15, 0.2) is 0 Å². The summed E-state index contributed by atoms with van der Waals surface area (Å²) in [7, 11) is 1.80. The van der Waals surface area contributed by atoms with Crippen LogP contribution in [0.4, 0.5) is 0 Å². The van der Waals surface area contributed by atoms with Crippen LogP contribution in [0.2, 0.25) is 0 Å². The second-order valence-corrected chi connectivity index (χ2v) is 5.58. The quantitative estimate of drug-likeness (QED) is 0.739. The Balaban J connectivity index is 1.80. The molecule has 0 aliphatic carbocycles. The Morgan fingerprint density at radius 3 is 2.95 bits per heavy atom. The number of carbonyl (C=O) groups excluding carboxylic acids is 1. The molecule has 0 bridgehead atoms. The molecule has 3 rings (SSSR count). The fourth-order valence-corrected chi connectivity index (χ4v) is 2.75. The summed E-state index contributed by atoms with van der Waals surface area (Å²) >= 11 is 1.64. The molecular formula is C14H13N5OS. The minimum Gasteiger partial charge on any atom is -0.337 e. The normalized spacial score (nSPS) is 10.5. The zero-order chi connectivity index (χ0) is 14.7. The van der Waals surface area contributed by atoms with E-state index in [1.807, 2.05) is 29.6 Å². The number of nitrogens with zero attached hydrogens (tertiary/aromatic N) is 5. The lowest BCUT2D eigenvalue weighted by Crippen LogP contribution is -2.25. The van der Waals surface area contributed by atoms with Crippen LogP contribution in [-0.2, 0) is 6.54 Å². The maximum absolute atomic E-state index is 12.5. The highest BCUT2D eigenvalue weighted by Crippen LogP contribution is 2.15. The standard InChI is InChI=1S/C14H13N5OS/c1-18(9-13-6-3-7-21-13)14(20)11-4-2-5-12(8-11)19-10-15-16-17-19/h2-8,10H,9H2,1H3. The molecule has 0 fully saturated rings. The molecule has 0 atom stereocenters. The summed E-state index contributed by atoms with van der Waals surface area (Å²) in [6, 6.07) is 11.3. The summed E-state index contributed by atoms with van der Waals surface area (Å²) in [6.07, 6.45) is 1.50. The van der Waals surface area contributed by atoms with Crippen molar-refractivity contribution >= 4 is 17.2 Å². The number of amides is 1. The summed E-state index contributed by atoms with van der Waals surface area (Å²) in [5, 5.41) is 13.0. The first-order valence-electron chi connectivity index (χ1n) is 6.35. The molecule has 0 aliphatic rings. The number of rotatable bonds is 4. The van der Waals surface area contributed by atoms with E-state index < -0.39 is 0 Å². The number of aromatic nitrogens is 4. The second kappa shape index (κ2) is 5.84. The smallest absolute Gasteiger partial charge is 0.253 e. The fraction of sp³-hybridized carbons (Fsp3) is 0.143. The van der Waals surface area contributed by atoms with Crippen molar-refractivity contribution in [1.29, 1.82) is 0 Å². The highest BCUT2D eigenvalue weighted by atomic mass is 32.1. The number of hydrogen-bond acceptors (Lipinski definition) is 5. The van der Waals surface area contributed by atoms with Gasteiger partial charge in [0.25, 0.3) is 5.91 Å². The Hall–Kier alpha value is -2.54.